The van der Waals surface area contributed by atoms with Crippen molar-refractivity contribution in [1.82, 2.24) is 4.90 Å². The Morgan fingerprint density at radius 2 is 2.07 bits per heavy atom. The van der Waals surface area contributed by atoms with Gasteiger partial charge in [0.1, 0.15) is 0 Å². The Hall–Kier alpha value is -0.120. The van der Waals surface area contributed by atoms with Crippen molar-refractivity contribution < 1.29 is 4.74 Å². The second kappa shape index (κ2) is 4.60. The van der Waals surface area contributed by atoms with Gasteiger partial charge in [0.15, 0.2) is 0 Å². The largest absolute Gasteiger partial charge is 0.374 e. The van der Waals surface area contributed by atoms with Crippen LogP contribution >= 0.6 is 0 Å². The summed E-state index contributed by atoms with van der Waals surface area (Å²) in [4.78, 5) is 2.52. The molecule has 2 aliphatic heterocycles. The van der Waals surface area contributed by atoms with Crippen LogP contribution in [-0.4, -0.2) is 42.8 Å². The van der Waals surface area contributed by atoms with Crippen molar-refractivity contribution in [2.24, 2.45) is 5.73 Å². The predicted octanol–water partition coefficient (Wildman–Crippen LogP) is 0.977. The van der Waals surface area contributed by atoms with Crippen LogP contribution in [0.5, 0.6) is 0 Å². The van der Waals surface area contributed by atoms with Crippen molar-refractivity contribution in [1.29, 1.82) is 0 Å². The van der Waals surface area contributed by atoms with Crippen LogP contribution in [0.25, 0.3) is 0 Å². The molecular weight excluding hydrogens is 176 g/mol. The van der Waals surface area contributed by atoms with E-state index < -0.39 is 0 Å². The van der Waals surface area contributed by atoms with Gasteiger partial charge < -0.3 is 10.5 Å². The zero-order valence-corrected chi connectivity index (χ0v) is 9.11. The molecule has 0 amide bonds. The smallest absolute Gasteiger partial charge is 0.0747 e. The van der Waals surface area contributed by atoms with Crippen molar-refractivity contribution in [3.63, 3.8) is 0 Å². The molecule has 2 aliphatic rings. The van der Waals surface area contributed by atoms with Crippen LogP contribution in [0, 0.1) is 0 Å². The van der Waals surface area contributed by atoms with E-state index in [0.717, 1.165) is 6.54 Å². The summed E-state index contributed by atoms with van der Waals surface area (Å²) in [5.74, 6) is 0. The summed E-state index contributed by atoms with van der Waals surface area (Å²) in [5, 5.41) is 0. The van der Waals surface area contributed by atoms with Gasteiger partial charge in [-0.3, -0.25) is 4.90 Å². The van der Waals surface area contributed by atoms with Crippen LogP contribution in [0.15, 0.2) is 0 Å². The van der Waals surface area contributed by atoms with E-state index in [1.807, 2.05) is 0 Å². The molecule has 3 nitrogen and oxygen atoms in total. The Morgan fingerprint density at radius 1 is 1.36 bits per heavy atom. The monoisotopic (exact) mass is 198 g/mol. The minimum Gasteiger partial charge on any atom is -0.374 e. The average molecular weight is 198 g/mol. The molecule has 0 aliphatic carbocycles. The molecule has 0 aromatic rings. The summed E-state index contributed by atoms with van der Waals surface area (Å²) >= 11 is 0. The Bertz CT molecular complexity index is 180. The van der Waals surface area contributed by atoms with Gasteiger partial charge in [-0.2, -0.15) is 0 Å². The lowest BCUT2D eigenvalue weighted by atomic mass is 10.1. The summed E-state index contributed by atoms with van der Waals surface area (Å²) in [6.07, 6.45) is 5.90. The number of nitrogens with zero attached hydrogens (tertiary/aromatic N) is 1. The first-order valence-electron chi connectivity index (χ1n) is 5.91. The molecule has 0 saturated carbocycles. The quantitative estimate of drug-likeness (QED) is 0.734. The van der Waals surface area contributed by atoms with Gasteiger partial charge in [-0.05, 0) is 45.7 Å². The van der Waals surface area contributed by atoms with Gasteiger partial charge in [0, 0.05) is 12.6 Å². The minimum absolute atomic E-state index is 0.396. The highest BCUT2D eigenvalue weighted by atomic mass is 16.5. The van der Waals surface area contributed by atoms with Crippen LogP contribution < -0.4 is 5.73 Å². The van der Waals surface area contributed by atoms with E-state index in [1.54, 1.807) is 0 Å². The van der Waals surface area contributed by atoms with E-state index >= 15 is 0 Å². The van der Waals surface area contributed by atoms with Crippen LogP contribution in [0.4, 0.5) is 0 Å². The van der Waals surface area contributed by atoms with Crippen molar-refractivity contribution in [2.75, 3.05) is 19.6 Å². The average Bonchev–Trinajstić information content (AvgIpc) is 2.79. The fourth-order valence-corrected chi connectivity index (χ4v) is 2.73. The first-order chi connectivity index (χ1) is 6.81. The SMILES string of the molecule is CC1CCC(C(CN)N2CCCC2)O1. The van der Waals surface area contributed by atoms with Crippen LogP contribution in [0.1, 0.15) is 32.6 Å². The van der Waals surface area contributed by atoms with Gasteiger partial charge in [0.2, 0.25) is 0 Å². The maximum Gasteiger partial charge on any atom is 0.0747 e. The molecule has 3 unspecified atom stereocenters. The fourth-order valence-electron chi connectivity index (χ4n) is 2.73. The molecular formula is C11H22N2O. The summed E-state index contributed by atoms with van der Waals surface area (Å²) in [7, 11) is 0. The van der Waals surface area contributed by atoms with Crippen LogP contribution in [0.3, 0.4) is 0 Å². The van der Waals surface area contributed by atoms with Gasteiger partial charge in [0.05, 0.1) is 12.2 Å². The normalized spacial score (nSPS) is 36.4. The van der Waals surface area contributed by atoms with Gasteiger partial charge in [-0.25, -0.2) is 0 Å². The second-order valence-electron chi connectivity index (χ2n) is 4.61. The zero-order valence-electron chi connectivity index (χ0n) is 9.11. The third-order valence-electron chi connectivity index (χ3n) is 3.55. The molecule has 3 atom stereocenters. The van der Waals surface area contributed by atoms with Gasteiger partial charge in [-0.1, -0.05) is 0 Å². The second-order valence-corrected chi connectivity index (χ2v) is 4.61. The summed E-state index contributed by atoms with van der Waals surface area (Å²) < 4.78 is 5.91. The molecule has 2 fully saturated rings. The highest BCUT2D eigenvalue weighted by molar-refractivity contribution is 4.87. The van der Waals surface area contributed by atoms with E-state index in [9.17, 15) is 0 Å². The van der Waals surface area contributed by atoms with E-state index in [4.69, 9.17) is 10.5 Å². The van der Waals surface area contributed by atoms with Crippen molar-refractivity contribution >= 4 is 0 Å². The van der Waals surface area contributed by atoms with E-state index in [0.29, 0.717) is 18.2 Å². The van der Waals surface area contributed by atoms with Gasteiger partial charge in [-0.15, -0.1) is 0 Å². The summed E-state index contributed by atoms with van der Waals surface area (Å²) in [6, 6.07) is 0.474. The lowest BCUT2D eigenvalue weighted by molar-refractivity contribution is 0.00217. The van der Waals surface area contributed by atoms with Gasteiger partial charge >= 0.3 is 0 Å². The molecule has 0 spiro atoms. The Balaban J connectivity index is 1.91. The Kier molecular flexibility index (Phi) is 3.42. The maximum atomic E-state index is 5.91. The van der Waals surface area contributed by atoms with E-state index in [-0.39, 0.29) is 0 Å². The molecule has 2 rings (SSSR count). The minimum atomic E-state index is 0.396. The van der Waals surface area contributed by atoms with E-state index in [2.05, 4.69) is 11.8 Å². The first-order valence-corrected chi connectivity index (χ1v) is 5.91. The topological polar surface area (TPSA) is 38.5 Å². The standard InChI is InChI=1S/C11H22N2O/c1-9-4-5-11(14-9)10(8-12)13-6-2-3-7-13/h9-11H,2-8,12H2,1H3. The maximum absolute atomic E-state index is 5.91. The zero-order chi connectivity index (χ0) is 9.97. The van der Waals surface area contributed by atoms with E-state index in [1.165, 1.54) is 38.8 Å². The highest BCUT2D eigenvalue weighted by Crippen LogP contribution is 2.25. The highest BCUT2D eigenvalue weighted by Gasteiger charge is 2.33. The molecule has 2 saturated heterocycles. The number of hydrogen-bond acceptors (Lipinski definition) is 3. The first kappa shape index (κ1) is 10.4. The molecule has 2 N–H and O–H groups in total. The van der Waals surface area contributed by atoms with Crippen molar-refractivity contribution in [2.45, 2.75) is 50.9 Å². The molecule has 0 aromatic heterocycles. The molecule has 14 heavy (non-hydrogen) atoms. The Labute approximate surface area is 86.6 Å². The Morgan fingerprint density at radius 3 is 2.57 bits per heavy atom. The lowest BCUT2D eigenvalue weighted by Gasteiger charge is -2.31. The van der Waals surface area contributed by atoms with Crippen molar-refractivity contribution in [3.8, 4) is 0 Å². The van der Waals surface area contributed by atoms with Gasteiger partial charge in [0.25, 0.3) is 0 Å². The molecule has 0 radical (unpaired) electrons. The lowest BCUT2D eigenvalue weighted by Crippen LogP contribution is -2.47. The number of nitrogens with two attached hydrogens (primary N) is 1. The van der Waals surface area contributed by atoms with Crippen LogP contribution in [0.2, 0.25) is 0 Å². The summed E-state index contributed by atoms with van der Waals surface area (Å²) in [5.41, 5.74) is 5.86. The molecule has 0 aromatic carbocycles. The number of rotatable bonds is 3. The molecule has 0 bridgehead atoms. The predicted molar refractivity (Wildman–Crippen MR) is 57.2 cm³/mol. The van der Waals surface area contributed by atoms with Crippen LogP contribution in [-0.2, 0) is 4.74 Å². The third kappa shape index (κ3) is 2.10. The molecule has 82 valence electrons. The molecule has 2 heterocycles. The number of hydrogen-bond donors (Lipinski definition) is 1. The number of ether oxygens (including phenoxy) is 1. The summed E-state index contributed by atoms with van der Waals surface area (Å²) in [6.45, 7) is 5.35. The number of likely N-dealkylation sites (tertiary alicyclic amines) is 1. The van der Waals surface area contributed by atoms with Crippen molar-refractivity contribution in [3.05, 3.63) is 0 Å². The molecule has 3 heteroatoms. The third-order valence-corrected chi connectivity index (χ3v) is 3.55. The fraction of sp³-hybridized carbons (Fsp3) is 1.00.